The molecule has 2 fully saturated rings. The maximum absolute atomic E-state index is 6.23. The van der Waals surface area contributed by atoms with Gasteiger partial charge in [-0.15, -0.1) is 0 Å². The Balaban J connectivity index is 1.92. The number of hydrogen-bond donors (Lipinski definition) is 1. The second-order valence-electron chi connectivity index (χ2n) is 5.71. The molecule has 3 nitrogen and oxygen atoms in total. The van der Waals surface area contributed by atoms with Gasteiger partial charge >= 0.3 is 0 Å². The lowest BCUT2D eigenvalue weighted by Gasteiger charge is -2.31. The second kappa shape index (κ2) is 4.10. The molecule has 1 saturated carbocycles. The quantitative estimate of drug-likeness (QED) is 0.874. The number of nitrogens with zero attached hydrogens (tertiary/aromatic N) is 2. The second-order valence-corrected chi connectivity index (χ2v) is 6.62. The monoisotopic (exact) mass is 317 g/mol. The van der Waals surface area contributed by atoms with Crippen LogP contribution in [0.3, 0.4) is 0 Å². The van der Waals surface area contributed by atoms with Crippen molar-refractivity contribution < 1.29 is 0 Å². The average molecular weight is 318 g/mol. The molecule has 2 bridgehead atoms. The van der Waals surface area contributed by atoms with E-state index >= 15 is 0 Å². The van der Waals surface area contributed by atoms with Gasteiger partial charge in [0, 0.05) is 22.4 Å². The van der Waals surface area contributed by atoms with Gasteiger partial charge in [0.25, 0.3) is 0 Å². The van der Waals surface area contributed by atoms with Crippen LogP contribution >= 0.6 is 15.9 Å². The van der Waals surface area contributed by atoms with E-state index in [1.165, 1.54) is 30.3 Å². The van der Waals surface area contributed by atoms with Gasteiger partial charge in [0.2, 0.25) is 0 Å². The highest BCUT2D eigenvalue weighted by molar-refractivity contribution is 9.10. The topological polar surface area (TPSA) is 42.1 Å². The Labute approximate surface area is 120 Å². The molecule has 2 atom stereocenters. The molecule has 19 heavy (non-hydrogen) atoms. The standard InChI is InChI=1S/C15H16BrN3/c16-10-2-4-14-12(6-10)15(13(17)7-18-14)19-8-9-1-3-11(19)5-9/h2,4,6-7,9,11H,1,3,5,8,17H2. The molecule has 0 radical (unpaired) electrons. The van der Waals surface area contributed by atoms with Crippen LogP contribution < -0.4 is 10.6 Å². The molecule has 1 aromatic carbocycles. The van der Waals surface area contributed by atoms with Gasteiger partial charge in [-0.25, -0.2) is 0 Å². The van der Waals surface area contributed by atoms with Crippen LogP contribution in [0.25, 0.3) is 10.9 Å². The van der Waals surface area contributed by atoms with Crippen molar-refractivity contribution in [3.63, 3.8) is 0 Å². The maximum Gasteiger partial charge on any atom is 0.0745 e. The van der Waals surface area contributed by atoms with Crippen molar-refractivity contribution >= 4 is 38.2 Å². The number of benzene rings is 1. The molecule has 4 heteroatoms. The Morgan fingerprint density at radius 3 is 2.95 bits per heavy atom. The van der Waals surface area contributed by atoms with E-state index < -0.39 is 0 Å². The molecule has 0 spiro atoms. The Morgan fingerprint density at radius 1 is 1.32 bits per heavy atom. The molecule has 1 aromatic heterocycles. The molecule has 1 saturated heterocycles. The number of piperidine rings is 1. The van der Waals surface area contributed by atoms with Crippen LogP contribution in [0.5, 0.6) is 0 Å². The van der Waals surface area contributed by atoms with E-state index in [2.05, 4.69) is 37.9 Å². The Hall–Kier alpha value is -1.29. The first-order chi connectivity index (χ1) is 9.22. The zero-order valence-electron chi connectivity index (χ0n) is 10.6. The number of nitrogen functional groups attached to an aromatic ring is 1. The maximum atomic E-state index is 6.23. The lowest BCUT2D eigenvalue weighted by Crippen LogP contribution is -2.32. The average Bonchev–Trinajstić information content (AvgIpc) is 3.00. The minimum Gasteiger partial charge on any atom is -0.396 e. The first-order valence-corrected chi connectivity index (χ1v) is 7.62. The van der Waals surface area contributed by atoms with Gasteiger partial charge in [-0.2, -0.15) is 0 Å². The lowest BCUT2D eigenvalue weighted by molar-refractivity contribution is 0.555. The van der Waals surface area contributed by atoms with Gasteiger partial charge in [0.15, 0.2) is 0 Å². The van der Waals surface area contributed by atoms with Crippen molar-refractivity contribution in [1.29, 1.82) is 0 Å². The van der Waals surface area contributed by atoms with Crippen LogP contribution in [0, 0.1) is 5.92 Å². The summed E-state index contributed by atoms with van der Waals surface area (Å²) in [5, 5.41) is 1.17. The molecular weight excluding hydrogens is 302 g/mol. The van der Waals surface area contributed by atoms with E-state index in [1.807, 2.05) is 6.07 Å². The number of halogens is 1. The molecule has 98 valence electrons. The van der Waals surface area contributed by atoms with E-state index in [1.54, 1.807) is 6.20 Å². The minimum absolute atomic E-state index is 0.678. The molecule has 2 N–H and O–H groups in total. The fourth-order valence-electron chi connectivity index (χ4n) is 3.69. The summed E-state index contributed by atoms with van der Waals surface area (Å²) in [6, 6.07) is 6.90. The summed E-state index contributed by atoms with van der Waals surface area (Å²) in [6.45, 7) is 1.15. The summed E-state index contributed by atoms with van der Waals surface area (Å²) in [5.74, 6) is 0.861. The summed E-state index contributed by atoms with van der Waals surface area (Å²) in [5.41, 5.74) is 9.25. The van der Waals surface area contributed by atoms with Crippen molar-refractivity contribution in [3.8, 4) is 0 Å². The van der Waals surface area contributed by atoms with Crippen LogP contribution in [0.1, 0.15) is 19.3 Å². The first kappa shape index (κ1) is 11.5. The van der Waals surface area contributed by atoms with Gasteiger partial charge in [0.1, 0.15) is 0 Å². The minimum atomic E-state index is 0.678. The number of rotatable bonds is 1. The molecule has 2 unspecified atom stereocenters. The van der Waals surface area contributed by atoms with Gasteiger partial charge in [-0.05, 0) is 43.4 Å². The molecular formula is C15H16BrN3. The van der Waals surface area contributed by atoms with E-state index in [0.717, 1.165) is 28.1 Å². The van der Waals surface area contributed by atoms with Crippen molar-refractivity contribution in [2.75, 3.05) is 17.2 Å². The smallest absolute Gasteiger partial charge is 0.0745 e. The van der Waals surface area contributed by atoms with Crippen LogP contribution in [0.15, 0.2) is 28.9 Å². The number of fused-ring (bicyclic) bond motifs is 3. The van der Waals surface area contributed by atoms with Gasteiger partial charge in [-0.1, -0.05) is 15.9 Å². The number of anilines is 2. The van der Waals surface area contributed by atoms with Crippen LogP contribution in [-0.4, -0.2) is 17.6 Å². The zero-order chi connectivity index (χ0) is 13.0. The molecule has 1 aliphatic heterocycles. The van der Waals surface area contributed by atoms with E-state index in [-0.39, 0.29) is 0 Å². The zero-order valence-corrected chi connectivity index (χ0v) is 12.2. The Bertz CT molecular complexity index is 650. The van der Waals surface area contributed by atoms with Crippen LogP contribution in [-0.2, 0) is 0 Å². The van der Waals surface area contributed by atoms with E-state index in [4.69, 9.17) is 5.73 Å². The largest absolute Gasteiger partial charge is 0.396 e. The Morgan fingerprint density at radius 2 is 2.21 bits per heavy atom. The van der Waals surface area contributed by atoms with E-state index in [9.17, 15) is 0 Å². The van der Waals surface area contributed by atoms with Crippen molar-refractivity contribution in [2.45, 2.75) is 25.3 Å². The van der Waals surface area contributed by atoms with Crippen molar-refractivity contribution in [1.82, 2.24) is 4.98 Å². The third-order valence-electron chi connectivity index (χ3n) is 4.53. The van der Waals surface area contributed by atoms with Crippen molar-refractivity contribution in [3.05, 3.63) is 28.9 Å². The normalized spacial score (nSPS) is 25.4. The van der Waals surface area contributed by atoms with Gasteiger partial charge in [0.05, 0.1) is 23.1 Å². The van der Waals surface area contributed by atoms with Crippen LogP contribution in [0.4, 0.5) is 11.4 Å². The fraction of sp³-hybridized carbons (Fsp3) is 0.400. The molecule has 1 aliphatic carbocycles. The molecule has 2 aromatic rings. The highest BCUT2D eigenvalue weighted by Crippen LogP contribution is 2.44. The molecule has 2 aliphatic rings. The molecule has 0 amide bonds. The van der Waals surface area contributed by atoms with Crippen molar-refractivity contribution in [2.24, 2.45) is 5.92 Å². The predicted molar refractivity (Wildman–Crippen MR) is 82.3 cm³/mol. The Kier molecular flexibility index (Phi) is 2.49. The van der Waals surface area contributed by atoms with Gasteiger partial charge in [-0.3, -0.25) is 4.98 Å². The highest BCUT2D eigenvalue weighted by atomic mass is 79.9. The third kappa shape index (κ3) is 1.73. The third-order valence-corrected chi connectivity index (χ3v) is 5.02. The van der Waals surface area contributed by atoms with E-state index in [0.29, 0.717) is 6.04 Å². The fourth-order valence-corrected chi connectivity index (χ4v) is 4.05. The summed E-state index contributed by atoms with van der Waals surface area (Å²) in [6.07, 6.45) is 5.82. The summed E-state index contributed by atoms with van der Waals surface area (Å²) >= 11 is 3.55. The van der Waals surface area contributed by atoms with Crippen LogP contribution in [0.2, 0.25) is 0 Å². The predicted octanol–water partition coefficient (Wildman–Crippen LogP) is 3.57. The summed E-state index contributed by atoms with van der Waals surface area (Å²) < 4.78 is 1.08. The lowest BCUT2D eigenvalue weighted by atomic mass is 10.1. The number of pyridine rings is 1. The highest BCUT2D eigenvalue weighted by Gasteiger charge is 2.39. The summed E-state index contributed by atoms with van der Waals surface area (Å²) in [4.78, 5) is 6.96. The molecule has 4 rings (SSSR count). The molecule has 2 heterocycles. The summed E-state index contributed by atoms with van der Waals surface area (Å²) in [7, 11) is 0. The number of nitrogens with two attached hydrogens (primary N) is 1. The number of hydrogen-bond acceptors (Lipinski definition) is 3. The SMILES string of the molecule is Nc1cnc2ccc(Br)cc2c1N1CC2CCC1C2. The number of aromatic nitrogens is 1. The first-order valence-electron chi connectivity index (χ1n) is 6.83. The van der Waals surface area contributed by atoms with Gasteiger partial charge < -0.3 is 10.6 Å².